The summed E-state index contributed by atoms with van der Waals surface area (Å²) in [6.45, 7) is 6.26. The smallest absolute Gasteiger partial charge is 0.270 e. The quantitative estimate of drug-likeness (QED) is 0.254. The number of hydrogen-bond acceptors (Lipinski definition) is 7. The average molecular weight is 549 g/mol. The van der Waals surface area contributed by atoms with Gasteiger partial charge in [-0.05, 0) is 92.1 Å². The Morgan fingerprint density at radius 3 is 2.37 bits per heavy atom. The zero-order chi connectivity index (χ0) is 27.2. The van der Waals surface area contributed by atoms with E-state index >= 15 is 0 Å². The Morgan fingerprint density at radius 1 is 1.00 bits per heavy atom. The van der Waals surface area contributed by atoms with E-state index in [1.807, 2.05) is 63.2 Å². The predicted molar refractivity (Wildman–Crippen MR) is 156 cm³/mol. The van der Waals surface area contributed by atoms with Crippen LogP contribution in [-0.2, 0) is 9.59 Å². The lowest BCUT2D eigenvalue weighted by molar-refractivity contribution is -0.118. The highest BCUT2D eigenvalue weighted by Gasteiger charge is 2.33. The van der Waals surface area contributed by atoms with Gasteiger partial charge in [0.05, 0.1) is 24.3 Å². The SMILES string of the molecule is CCOc1ccc(N2C(=O)/C(=C/c3ccc(OCC(=O)Nc4cc(C)cc(C)c4)c(OC)c3)SC2=S)cc1. The van der Waals surface area contributed by atoms with E-state index in [9.17, 15) is 9.59 Å². The van der Waals surface area contributed by atoms with Crippen molar-refractivity contribution in [1.29, 1.82) is 0 Å². The average Bonchev–Trinajstić information content (AvgIpc) is 3.15. The summed E-state index contributed by atoms with van der Waals surface area (Å²) in [6.07, 6.45) is 1.76. The van der Waals surface area contributed by atoms with Crippen LogP contribution in [0.3, 0.4) is 0 Å². The van der Waals surface area contributed by atoms with Crippen LogP contribution in [0.15, 0.2) is 65.6 Å². The number of anilines is 2. The molecule has 0 aliphatic carbocycles. The van der Waals surface area contributed by atoms with E-state index in [4.69, 9.17) is 26.4 Å². The number of ether oxygens (including phenoxy) is 3. The number of hydrogen-bond donors (Lipinski definition) is 1. The fourth-order valence-electron chi connectivity index (χ4n) is 3.98. The predicted octanol–water partition coefficient (Wildman–Crippen LogP) is 6.13. The Kier molecular flexibility index (Phi) is 8.70. The Bertz CT molecular complexity index is 1380. The highest BCUT2D eigenvalue weighted by molar-refractivity contribution is 8.27. The number of rotatable bonds is 9. The third kappa shape index (κ3) is 6.54. The van der Waals surface area contributed by atoms with Gasteiger partial charge in [-0.2, -0.15) is 0 Å². The fourth-order valence-corrected chi connectivity index (χ4v) is 5.28. The fraction of sp³-hybridized carbons (Fsp3) is 0.207. The molecule has 0 unspecified atom stereocenters. The number of amides is 2. The molecule has 0 radical (unpaired) electrons. The molecule has 9 heteroatoms. The van der Waals surface area contributed by atoms with Gasteiger partial charge in [-0.3, -0.25) is 14.5 Å². The van der Waals surface area contributed by atoms with E-state index in [0.29, 0.717) is 33.0 Å². The van der Waals surface area contributed by atoms with E-state index in [2.05, 4.69) is 5.32 Å². The minimum atomic E-state index is -0.279. The minimum Gasteiger partial charge on any atom is -0.494 e. The molecule has 1 heterocycles. The second-order valence-corrected chi connectivity index (χ2v) is 10.2. The van der Waals surface area contributed by atoms with Crippen LogP contribution in [0, 0.1) is 13.8 Å². The van der Waals surface area contributed by atoms with Crippen LogP contribution in [0.2, 0.25) is 0 Å². The summed E-state index contributed by atoms with van der Waals surface area (Å²) in [7, 11) is 1.52. The summed E-state index contributed by atoms with van der Waals surface area (Å²) < 4.78 is 17.1. The molecule has 0 spiro atoms. The van der Waals surface area contributed by atoms with Crippen molar-refractivity contribution in [3.05, 3.63) is 82.3 Å². The molecule has 1 saturated heterocycles. The van der Waals surface area contributed by atoms with E-state index in [1.165, 1.54) is 23.8 Å². The monoisotopic (exact) mass is 548 g/mol. The van der Waals surface area contributed by atoms with E-state index in [-0.39, 0.29) is 18.4 Å². The molecule has 7 nitrogen and oxygen atoms in total. The molecule has 196 valence electrons. The van der Waals surface area contributed by atoms with Crippen molar-refractivity contribution in [3.63, 3.8) is 0 Å². The van der Waals surface area contributed by atoms with Gasteiger partial charge in [0.15, 0.2) is 22.4 Å². The summed E-state index contributed by atoms with van der Waals surface area (Å²) in [5.74, 6) is 1.11. The lowest BCUT2D eigenvalue weighted by Crippen LogP contribution is -2.27. The second-order valence-electron chi connectivity index (χ2n) is 8.57. The molecule has 0 saturated carbocycles. The maximum absolute atomic E-state index is 13.1. The Hall–Kier alpha value is -3.82. The normalized spacial score (nSPS) is 14.1. The molecule has 0 atom stereocenters. The third-order valence-corrected chi connectivity index (χ3v) is 6.85. The van der Waals surface area contributed by atoms with Gasteiger partial charge < -0.3 is 19.5 Å². The van der Waals surface area contributed by atoms with Gasteiger partial charge in [0.25, 0.3) is 11.8 Å². The number of benzene rings is 3. The lowest BCUT2D eigenvalue weighted by atomic mass is 10.1. The molecular weight excluding hydrogens is 520 g/mol. The number of nitrogens with one attached hydrogen (secondary N) is 1. The summed E-state index contributed by atoms with van der Waals surface area (Å²) in [5.41, 5.74) is 4.27. The van der Waals surface area contributed by atoms with Crippen molar-refractivity contribution in [2.75, 3.05) is 30.5 Å². The molecule has 1 aliphatic rings. The first kappa shape index (κ1) is 27.2. The first-order valence-corrected chi connectivity index (χ1v) is 13.2. The van der Waals surface area contributed by atoms with Crippen LogP contribution in [0.5, 0.6) is 17.2 Å². The van der Waals surface area contributed by atoms with Gasteiger partial charge in [0.1, 0.15) is 5.75 Å². The van der Waals surface area contributed by atoms with Gasteiger partial charge in [-0.1, -0.05) is 36.1 Å². The lowest BCUT2D eigenvalue weighted by Gasteiger charge is -2.15. The molecular formula is C29H28N2O5S2. The highest BCUT2D eigenvalue weighted by Crippen LogP contribution is 2.37. The zero-order valence-corrected chi connectivity index (χ0v) is 23.2. The third-order valence-electron chi connectivity index (χ3n) is 5.55. The summed E-state index contributed by atoms with van der Waals surface area (Å²) in [6, 6.07) is 18.3. The van der Waals surface area contributed by atoms with Crippen LogP contribution < -0.4 is 24.4 Å². The minimum absolute atomic E-state index is 0.177. The molecule has 3 aromatic carbocycles. The molecule has 4 rings (SSSR count). The van der Waals surface area contributed by atoms with Crippen molar-refractivity contribution in [2.24, 2.45) is 0 Å². The highest BCUT2D eigenvalue weighted by atomic mass is 32.2. The van der Waals surface area contributed by atoms with E-state index < -0.39 is 0 Å². The van der Waals surface area contributed by atoms with Crippen LogP contribution in [-0.4, -0.2) is 36.5 Å². The van der Waals surface area contributed by atoms with Crippen LogP contribution >= 0.6 is 24.0 Å². The van der Waals surface area contributed by atoms with E-state index in [1.54, 1.807) is 24.3 Å². The van der Waals surface area contributed by atoms with Crippen LogP contribution in [0.4, 0.5) is 11.4 Å². The number of carbonyl (C=O) groups excluding carboxylic acids is 2. The number of aryl methyl sites for hydroxylation is 2. The van der Waals surface area contributed by atoms with Gasteiger partial charge >= 0.3 is 0 Å². The summed E-state index contributed by atoms with van der Waals surface area (Å²) in [5, 5.41) is 2.85. The van der Waals surface area contributed by atoms with Gasteiger partial charge in [0, 0.05) is 5.69 Å². The van der Waals surface area contributed by atoms with Gasteiger partial charge in [-0.25, -0.2) is 0 Å². The molecule has 38 heavy (non-hydrogen) atoms. The molecule has 1 N–H and O–H groups in total. The second kappa shape index (κ2) is 12.1. The zero-order valence-electron chi connectivity index (χ0n) is 21.6. The molecule has 0 bridgehead atoms. The first-order valence-electron chi connectivity index (χ1n) is 12.0. The Morgan fingerprint density at radius 2 is 1.71 bits per heavy atom. The first-order chi connectivity index (χ1) is 18.3. The van der Waals surface area contributed by atoms with E-state index in [0.717, 1.165) is 28.1 Å². The van der Waals surface area contributed by atoms with Crippen molar-refractivity contribution >= 4 is 57.6 Å². The molecule has 3 aromatic rings. The number of carbonyl (C=O) groups is 2. The standard InChI is InChI=1S/C29H28N2O5S2/c1-5-35-23-9-7-22(8-10-23)31-28(33)26(38-29(31)37)16-20-6-11-24(25(15-20)34-4)36-17-27(32)30-21-13-18(2)12-19(3)14-21/h6-16H,5,17H2,1-4H3,(H,30,32)/b26-16-. The van der Waals surface area contributed by atoms with Crippen LogP contribution in [0.1, 0.15) is 23.6 Å². The van der Waals surface area contributed by atoms with Gasteiger partial charge in [-0.15, -0.1) is 0 Å². The molecule has 2 amide bonds. The molecule has 1 aliphatic heterocycles. The maximum atomic E-state index is 13.1. The van der Waals surface area contributed by atoms with Crippen LogP contribution in [0.25, 0.3) is 6.08 Å². The van der Waals surface area contributed by atoms with Crippen molar-refractivity contribution in [2.45, 2.75) is 20.8 Å². The topological polar surface area (TPSA) is 77.1 Å². The Labute approximate surface area is 231 Å². The number of methoxy groups -OCH3 is 1. The summed E-state index contributed by atoms with van der Waals surface area (Å²) in [4.78, 5) is 27.6. The number of thiocarbonyl (C=S) groups is 1. The summed E-state index contributed by atoms with van der Waals surface area (Å²) >= 11 is 6.71. The number of thioether (sulfide) groups is 1. The maximum Gasteiger partial charge on any atom is 0.270 e. The van der Waals surface area contributed by atoms with Crippen molar-refractivity contribution < 1.29 is 23.8 Å². The molecule has 0 aromatic heterocycles. The van der Waals surface area contributed by atoms with Crippen molar-refractivity contribution in [3.8, 4) is 17.2 Å². The van der Waals surface area contributed by atoms with Gasteiger partial charge in [0.2, 0.25) is 0 Å². The Balaban J connectivity index is 1.43. The molecule has 1 fully saturated rings. The largest absolute Gasteiger partial charge is 0.494 e. The number of nitrogens with zero attached hydrogens (tertiary/aromatic N) is 1. The van der Waals surface area contributed by atoms with Crippen molar-refractivity contribution in [1.82, 2.24) is 0 Å².